The zero-order valence-electron chi connectivity index (χ0n) is 15.8. The molecule has 1 aromatic carbocycles. The molecule has 0 aliphatic heterocycles. The first-order valence-corrected chi connectivity index (χ1v) is 8.84. The lowest BCUT2D eigenvalue weighted by atomic mass is 9.76. The number of furan rings is 1. The van der Waals surface area contributed by atoms with Crippen LogP contribution in [0.4, 0.5) is 4.39 Å². The van der Waals surface area contributed by atoms with Gasteiger partial charge in [0.2, 0.25) is 0 Å². The number of nitrogens with zero attached hydrogens (tertiary/aromatic N) is 1. The molecule has 5 heteroatoms. The van der Waals surface area contributed by atoms with Gasteiger partial charge in [0.15, 0.2) is 11.5 Å². The fourth-order valence-corrected chi connectivity index (χ4v) is 3.55. The van der Waals surface area contributed by atoms with E-state index in [9.17, 15) is 14.0 Å². The molecule has 1 aromatic heterocycles. The smallest absolute Gasteiger partial charge is 0.290 e. The van der Waals surface area contributed by atoms with Gasteiger partial charge < -0.3 is 9.32 Å². The molecule has 0 fully saturated rings. The van der Waals surface area contributed by atoms with Crippen LogP contribution in [-0.4, -0.2) is 23.1 Å². The van der Waals surface area contributed by atoms with Gasteiger partial charge in [0.1, 0.15) is 11.6 Å². The Kier molecular flexibility index (Phi) is 4.93. The summed E-state index contributed by atoms with van der Waals surface area (Å²) in [7, 11) is 0. The van der Waals surface area contributed by atoms with E-state index in [1.54, 1.807) is 19.1 Å². The molecule has 0 saturated heterocycles. The summed E-state index contributed by atoms with van der Waals surface area (Å²) in [4.78, 5) is 27.0. The van der Waals surface area contributed by atoms with E-state index >= 15 is 0 Å². The van der Waals surface area contributed by atoms with Crippen molar-refractivity contribution in [3.63, 3.8) is 0 Å². The van der Waals surface area contributed by atoms with E-state index in [4.69, 9.17) is 10.8 Å². The van der Waals surface area contributed by atoms with Gasteiger partial charge in [-0.1, -0.05) is 31.9 Å². The monoisotopic (exact) mass is 367 g/mol. The van der Waals surface area contributed by atoms with Crippen molar-refractivity contribution in [2.75, 3.05) is 6.54 Å². The average Bonchev–Trinajstić information content (AvgIpc) is 2.91. The maximum absolute atomic E-state index is 13.1. The number of hydrogen-bond donors (Lipinski definition) is 0. The van der Waals surface area contributed by atoms with E-state index < -0.39 is 0 Å². The molecule has 1 heterocycles. The number of rotatable bonds is 4. The highest BCUT2D eigenvalue weighted by Gasteiger charge is 2.37. The van der Waals surface area contributed by atoms with Gasteiger partial charge in [-0.3, -0.25) is 9.59 Å². The van der Waals surface area contributed by atoms with E-state index in [1.165, 1.54) is 17.0 Å². The van der Waals surface area contributed by atoms with E-state index in [2.05, 4.69) is 5.92 Å². The molecule has 0 spiro atoms. The Morgan fingerprint density at radius 1 is 1.30 bits per heavy atom. The number of carbonyl (C=O) groups excluding carboxylic acids is 2. The average molecular weight is 367 g/mol. The van der Waals surface area contributed by atoms with Crippen molar-refractivity contribution in [2.45, 2.75) is 40.2 Å². The predicted molar refractivity (Wildman–Crippen MR) is 99.9 cm³/mol. The summed E-state index contributed by atoms with van der Waals surface area (Å²) >= 11 is 0. The second-order valence-electron chi connectivity index (χ2n) is 7.79. The largest absolute Gasteiger partial charge is 0.455 e. The minimum absolute atomic E-state index is 0.00332. The molecule has 0 N–H and O–H groups in total. The molecule has 140 valence electrons. The maximum Gasteiger partial charge on any atom is 0.290 e. The van der Waals surface area contributed by atoms with Crippen LogP contribution in [-0.2, 0) is 13.0 Å². The molecule has 1 aliphatic carbocycles. The van der Waals surface area contributed by atoms with Crippen molar-refractivity contribution in [1.29, 1.82) is 0 Å². The molecule has 0 saturated carbocycles. The van der Waals surface area contributed by atoms with Crippen LogP contribution in [0.25, 0.3) is 0 Å². The first-order valence-electron chi connectivity index (χ1n) is 8.84. The molecule has 4 nitrogen and oxygen atoms in total. The van der Waals surface area contributed by atoms with Crippen LogP contribution in [0, 0.1) is 30.5 Å². The quantitative estimate of drug-likeness (QED) is 0.763. The maximum atomic E-state index is 13.1. The molecule has 0 unspecified atom stereocenters. The summed E-state index contributed by atoms with van der Waals surface area (Å²) in [5.41, 5.74) is 1.66. The van der Waals surface area contributed by atoms with Gasteiger partial charge in [0.25, 0.3) is 5.91 Å². The van der Waals surface area contributed by atoms with Crippen molar-refractivity contribution >= 4 is 11.7 Å². The Hall–Kier alpha value is -2.87. The number of benzene rings is 1. The van der Waals surface area contributed by atoms with Crippen LogP contribution < -0.4 is 0 Å². The summed E-state index contributed by atoms with van der Waals surface area (Å²) in [6.07, 6.45) is 6.46. The number of carbonyl (C=O) groups is 2. The lowest BCUT2D eigenvalue weighted by molar-refractivity contribution is 0.0727. The molecule has 1 aliphatic rings. The summed E-state index contributed by atoms with van der Waals surface area (Å²) < 4.78 is 19.0. The summed E-state index contributed by atoms with van der Waals surface area (Å²) in [5, 5.41) is 0. The molecule has 1 amide bonds. The fraction of sp³-hybridized carbons (Fsp3) is 0.364. The number of amides is 1. The Morgan fingerprint density at radius 2 is 1.96 bits per heavy atom. The van der Waals surface area contributed by atoms with Crippen LogP contribution in [0.5, 0.6) is 0 Å². The van der Waals surface area contributed by atoms with Gasteiger partial charge in [0.05, 0.1) is 12.1 Å². The van der Waals surface area contributed by atoms with Gasteiger partial charge in [-0.15, -0.1) is 6.42 Å². The minimum atomic E-state index is -0.366. The van der Waals surface area contributed by atoms with E-state index in [-0.39, 0.29) is 41.8 Å². The zero-order chi connectivity index (χ0) is 19.8. The third-order valence-corrected chi connectivity index (χ3v) is 4.83. The normalized spacial score (nSPS) is 15.1. The lowest BCUT2D eigenvalue weighted by Gasteiger charge is -2.27. The SMILES string of the molecule is C#CCN(Cc1ccc(F)cc1)C(=O)c1oc2c(c1C)C(=O)CC(C)(C)C2. The number of terminal acetylenes is 1. The third kappa shape index (κ3) is 3.80. The van der Waals surface area contributed by atoms with E-state index in [0.29, 0.717) is 29.7 Å². The third-order valence-electron chi connectivity index (χ3n) is 4.83. The van der Waals surface area contributed by atoms with Gasteiger partial charge >= 0.3 is 0 Å². The zero-order valence-corrected chi connectivity index (χ0v) is 15.8. The molecular weight excluding hydrogens is 345 g/mol. The highest BCUT2D eigenvalue weighted by atomic mass is 19.1. The van der Waals surface area contributed by atoms with Crippen molar-refractivity contribution in [3.8, 4) is 12.3 Å². The molecule has 3 rings (SSSR count). The Labute approximate surface area is 158 Å². The Bertz CT molecular complexity index is 932. The van der Waals surface area contributed by atoms with Gasteiger partial charge in [-0.05, 0) is 30.0 Å². The van der Waals surface area contributed by atoms with Crippen molar-refractivity contribution in [2.24, 2.45) is 5.41 Å². The van der Waals surface area contributed by atoms with Crippen LogP contribution >= 0.6 is 0 Å². The highest BCUT2D eigenvalue weighted by Crippen LogP contribution is 2.38. The molecule has 0 bridgehead atoms. The van der Waals surface area contributed by atoms with Gasteiger partial charge in [-0.25, -0.2) is 4.39 Å². The number of fused-ring (bicyclic) bond motifs is 1. The second-order valence-corrected chi connectivity index (χ2v) is 7.79. The highest BCUT2D eigenvalue weighted by molar-refractivity contribution is 6.03. The first kappa shape index (κ1) is 18.9. The van der Waals surface area contributed by atoms with Crippen LogP contribution in [0.1, 0.15) is 58.1 Å². The number of Topliss-reactive ketones (excluding diaryl/α,β-unsaturated/α-hetero) is 1. The second kappa shape index (κ2) is 7.03. The molecule has 0 radical (unpaired) electrons. The molecule has 0 atom stereocenters. The summed E-state index contributed by atoms with van der Waals surface area (Å²) in [6, 6.07) is 5.90. The minimum Gasteiger partial charge on any atom is -0.455 e. The Morgan fingerprint density at radius 3 is 2.59 bits per heavy atom. The summed E-state index contributed by atoms with van der Waals surface area (Å²) in [5.74, 6) is 2.49. The van der Waals surface area contributed by atoms with Crippen LogP contribution in [0.2, 0.25) is 0 Å². The van der Waals surface area contributed by atoms with E-state index in [0.717, 1.165) is 5.56 Å². The fourth-order valence-electron chi connectivity index (χ4n) is 3.55. The van der Waals surface area contributed by atoms with Gasteiger partial charge in [-0.2, -0.15) is 0 Å². The van der Waals surface area contributed by atoms with Crippen molar-refractivity contribution in [3.05, 3.63) is 58.3 Å². The first-order chi connectivity index (χ1) is 12.7. The molecular formula is C22H22FNO3. The van der Waals surface area contributed by atoms with Crippen LogP contribution in [0.15, 0.2) is 28.7 Å². The Balaban J connectivity index is 1.92. The lowest BCUT2D eigenvalue weighted by Crippen LogP contribution is -2.31. The van der Waals surface area contributed by atoms with Gasteiger partial charge in [0, 0.05) is 24.9 Å². The van der Waals surface area contributed by atoms with Crippen LogP contribution in [0.3, 0.4) is 0 Å². The predicted octanol–water partition coefficient (Wildman–Crippen LogP) is 4.16. The number of ketones is 1. The topological polar surface area (TPSA) is 50.5 Å². The van der Waals surface area contributed by atoms with E-state index in [1.807, 2.05) is 13.8 Å². The standard InChI is InChI=1S/C22H22FNO3/c1-5-10-24(13-15-6-8-16(23)9-7-15)21(26)20-14(2)19-17(25)11-22(3,4)12-18(19)27-20/h1,6-9H,10-13H2,2-4H3. The van der Waals surface area contributed by atoms with Crippen molar-refractivity contribution in [1.82, 2.24) is 4.90 Å². The molecule has 2 aromatic rings. The summed E-state index contributed by atoms with van der Waals surface area (Å²) in [6.45, 7) is 6.06. The van der Waals surface area contributed by atoms with Crippen molar-refractivity contribution < 1.29 is 18.4 Å². The number of hydrogen-bond acceptors (Lipinski definition) is 3. The number of halogens is 1. The molecule has 27 heavy (non-hydrogen) atoms.